The maximum atomic E-state index is 12.2. The van der Waals surface area contributed by atoms with Crippen molar-refractivity contribution in [3.8, 4) is 0 Å². The van der Waals surface area contributed by atoms with Gasteiger partial charge in [0.25, 0.3) is 0 Å². The van der Waals surface area contributed by atoms with Crippen molar-refractivity contribution >= 4 is 28.8 Å². The predicted octanol–water partition coefficient (Wildman–Crippen LogP) is 3.30. The summed E-state index contributed by atoms with van der Waals surface area (Å²) in [5, 5.41) is 1.75. The molecule has 0 saturated heterocycles. The highest BCUT2D eigenvalue weighted by Crippen LogP contribution is 2.33. The van der Waals surface area contributed by atoms with E-state index in [0.29, 0.717) is 21.8 Å². The molecular weight excluding hydrogens is 220 g/mol. The summed E-state index contributed by atoms with van der Waals surface area (Å²) < 4.78 is 5.75. The van der Waals surface area contributed by atoms with E-state index in [1.54, 1.807) is 17.8 Å². The van der Waals surface area contributed by atoms with Gasteiger partial charge >= 0.3 is 0 Å². The third-order valence-electron chi connectivity index (χ3n) is 2.63. The molecule has 1 unspecified atom stereocenters. The molecule has 0 amide bonds. The molecule has 0 radical (unpaired) electrons. The van der Waals surface area contributed by atoms with Crippen molar-refractivity contribution in [3.05, 3.63) is 46.1 Å². The van der Waals surface area contributed by atoms with Crippen LogP contribution in [0.4, 0.5) is 0 Å². The Kier molecular flexibility index (Phi) is 2.14. The quantitative estimate of drug-likeness (QED) is 0.695. The summed E-state index contributed by atoms with van der Waals surface area (Å²) in [6.07, 6.45) is 3.90. The lowest BCUT2D eigenvalue weighted by Crippen LogP contribution is -2.10. The van der Waals surface area contributed by atoms with Crippen LogP contribution in [0.3, 0.4) is 0 Å². The second-order valence-electron chi connectivity index (χ2n) is 3.81. The molecule has 0 bridgehead atoms. The van der Waals surface area contributed by atoms with Crippen molar-refractivity contribution in [3.63, 3.8) is 0 Å². The van der Waals surface area contributed by atoms with Gasteiger partial charge in [-0.3, -0.25) is 4.79 Å². The number of rotatable bonds is 0. The van der Waals surface area contributed by atoms with E-state index in [1.807, 2.05) is 30.4 Å². The number of hydrogen-bond donors (Lipinski definition) is 0. The summed E-state index contributed by atoms with van der Waals surface area (Å²) in [6.45, 7) is 2.08. The highest BCUT2D eigenvalue weighted by Gasteiger charge is 2.17. The van der Waals surface area contributed by atoms with E-state index in [-0.39, 0.29) is 5.43 Å². The van der Waals surface area contributed by atoms with Gasteiger partial charge in [-0.15, -0.1) is 0 Å². The Hall–Kier alpha value is -1.48. The Morgan fingerprint density at radius 1 is 1.31 bits per heavy atom. The smallest absolute Gasteiger partial charge is 0.201 e. The minimum atomic E-state index is 0.0625. The molecule has 2 aromatic rings. The van der Waals surface area contributed by atoms with Gasteiger partial charge in [-0.05, 0) is 25.1 Å². The van der Waals surface area contributed by atoms with Crippen molar-refractivity contribution in [2.45, 2.75) is 17.3 Å². The standard InChI is InChI=1S/C13H10O2S/c1-8-6-7-10-12(14)9-4-2-3-5-11(9)15-13(10)16-8/h2-8H,1H3. The number of hydrogen-bond acceptors (Lipinski definition) is 3. The SMILES string of the molecule is CC1C=Cc2c(oc3ccccc3c2=O)S1. The molecule has 0 aliphatic carbocycles. The monoisotopic (exact) mass is 230 g/mol. The normalized spacial score (nSPS) is 18.7. The van der Waals surface area contributed by atoms with E-state index in [4.69, 9.17) is 4.42 Å². The first-order valence-electron chi connectivity index (χ1n) is 5.16. The van der Waals surface area contributed by atoms with Crippen molar-refractivity contribution in [1.82, 2.24) is 0 Å². The van der Waals surface area contributed by atoms with E-state index in [1.165, 1.54) is 0 Å². The van der Waals surface area contributed by atoms with Crippen LogP contribution in [0.15, 0.2) is 44.6 Å². The molecule has 0 fully saturated rings. The molecule has 3 rings (SSSR count). The van der Waals surface area contributed by atoms with Crippen LogP contribution in [0.5, 0.6) is 0 Å². The largest absolute Gasteiger partial charge is 0.449 e. The third-order valence-corrected chi connectivity index (χ3v) is 3.67. The van der Waals surface area contributed by atoms with Crippen LogP contribution >= 0.6 is 11.8 Å². The molecule has 0 spiro atoms. The van der Waals surface area contributed by atoms with Gasteiger partial charge < -0.3 is 4.42 Å². The number of para-hydroxylation sites is 1. The third kappa shape index (κ3) is 1.39. The van der Waals surface area contributed by atoms with Crippen LogP contribution in [0.25, 0.3) is 17.0 Å². The van der Waals surface area contributed by atoms with Gasteiger partial charge in [0, 0.05) is 5.25 Å². The molecule has 0 saturated carbocycles. The first-order valence-corrected chi connectivity index (χ1v) is 6.04. The maximum absolute atomic E-state index is 12.2. The molecule has 0 N–H and O–H groups in total. The number of thioether (sulfide) groups is 1. The molecule has 2 nitrogen and oxygen atoms in total. The van der Waals surface area contributed by atoms with Gasteiger partial charge in [0.1, 0.15) is 5.58 Å². The summed E-state index contributed by atoms with van der Waals surface area (Å²) >= 11 is 1.59. The van der Waals surface area contributed by atoms with Crippen LogP contribution in [-0.4, -0.2) is 5.25 Å². The molecule has 1 aliphatic heterocycles. The Morgan fingerprint density at radius 3 is 3.00 bits per heavy atom. The van der Waals surface area contributed by atoms with Gasteiger partial charge in [-0.25, -0.2) is 0 Å². The zero-order valence-corrected chi connectivity index (χ0v) is 9.58. The molecule has 1 aromatic heterocycles. The van der Waals surface area contributed by atoms with Crippen LogP contribution in [0.2, 0.25) is 0 Å². The minimum absolute atomic E-state index is 0.0625. The highest BCUT2D eigenvalue weighted by molar-refractivity contribution is 8.00. The van der Waals surface area contributed by atoms with Crippen molar-refractivity contribution < 1.29 is 4.42 Å². The second kappa shape index (κ2) is 3.52. The average molecular weight is 230 g/mol. The first kappa shape index (κ1) is 9.73. The summed E-state index contributed by atoms with van der Waals surface area (Å²) in [6, 6.07) is 7.37. The van der Waals surface area contributed by atoms with Gasteiger partial charge in [0.2, 0.25) is 5.43 Å². The van der Waals surface area contributed by atoms with E-state index < -0.39 is 0 Å². The van der Waals surface area contributed by atoms with Gasteiger partial charge in [0.05, 0.1) is 10.9 Å². The van der Waals surface area contributed by atoms with E-state index in [0.717, 1.165) is 5.09 Å². The minimum Gasteiger partial charge on any atom is -0.449 e. The summed E-state index contributed by atoms with van der Waals surface area (Å²) in [5.41, 5.74) is 1.41. The van der Waals surface area contributed by atoms with E-state index in [2.05, 4.69) is 6.92 Å². The Labute approximate surface area is 97.0 Å². The Bertz CT molecular complexity index is 640. The number of fused-ring (bicyclic) bond motifs is 2. The van der Waals surface area contributed by atoms with Crippen LogP contribution < -0.4 is 5.43 Å². The number of benzene rings is 1. The van der Waals surface area contributed by atoms with E-state index in [9.17, 15) is 4.79 Å². The van der Waals surface area contributed by atoms with Gasteiger partial charge in [-0.2, -0.15) is 0 Å². The topological polar surface area (TPSA) is 30.2 Å². The Balaban J connectivity index is 2.40. The zero-order valence-electron chi connectivity index (χ0n) is 8.77. The molecule has 1 aliphatic rings. The first-order chi connectivity index (χ1) is 7.75. The van der Waals surface area contributed by atoms with Crippen molar-refractivity contribution in [2.75, 3.05) is 0 Å². The van der Waals surface area contributed by atoms with Crippen LogP contribution in [0, 0.1) is 0 Å². The zero-order chi connectivity index (χ0) is 11.1. The summed E-state index contributed by atoms with van der Waals surface area (Å²) in [5.74, 6) is 0. The predicted molar refractivity (Wildman–Crippen MR) is 66.8 cm³/mol. The van der Waals surface area contributed by atoms with Crippen molar-refractivity contribution in [2.24, 2.45) is 0 Å². The summed E-state index contributed by atoms with van der Waals surface area (Å²) in [7, 11) is 0. The lowest BCUT2D eigenvalue weighted by Gasteiger charge is -2.13. The molecule has 1 aromatic carbocycles. The van der Waals surface area contributed by atoms with Gasteiger partial charge in [-0.1, -0.05) is 30.0 Å². The van der Waals surface area contributed by atoms with E-state index >= 15 is 0 Å². The highest BCUT2D eigenvalue weighted by atomic mass is 32.2. The second-order valence-corrected chi connectivity index (χ2v) is 5.16. The molecule has 16 heavy (non-hydrogen) atoms. The fourth-order valence-electron chi connectivity index (χ4n) is 1.81. The molecule has 80 valence electrons. The summed E-state index contributed by atoms with van der Waals surface area (Å²) in [4.78, 5) is 12.2. The fraction of sp³-hybridized carbons (Fsp3) is 0.154. The Morgan fingerprint density at radius 2 is 2.12 bits per heavy atom. The maximum Gasteiger partial charge on any atom is 0.201 e. The van der Waals surface area contributed by atoms with Crippen LogP contribution in [0.1, 0.15) is 12.5 Å². The van der Waals surface area contributed by atoms with Crippen LogP contribution in [-0.2, 0) is 0 Å². The molecule has 3 heteroatoms. The molecule has 1 atom stereocenters. The van der Waals surface area contributed by atoms with Crippen molar-refractivity contribution in [1.29, 1.82) is 0 Å². The lowest BCUT2D eigenvalue weighted by molar-refractivity contribution is 0.496. The van der Waals surface area contributed by atoms with Gasteiger partial charge in [0.15, 0.2) is 5.09 Å². The fourth-order valence-corrected chi connectivity index (χ4v) is 2.73. The average Bonchev–Trinajstić information content (AvgIpc) is 2.29. The molecular formula is C13H10O2S. The molecule has 2 heterocycles. The lowest BCUT2D eigenvalue weighted by atomic mass is 10.1.